The number of hydrogen-bond donors (Lipinski definition) is 2. The molecular formula is C21H20N6O. The van der Waals surface area contributed by atoms with Gasteiger partial charge in [-0.2, -0.15) is 10.2 Å². The highest BCUT2D eigenvalue weighted by Crippen LogP contribution is 2.10. The van der Waals surface area contributed by atoms with Gasteiger partial charge in [-0.05, 0) is 62.4 Å². The molecule has 3 rings (SSSR count). The van der Waals surface area contributed by atoms with Crippen molar-refractivity contribution in [3.63, 3.8) is 0 Å². The summed E-state index contributed by atoms with van der Waals surface area (Å²) >= 11 is 0. The van der Waals surface area contributed by atoms with Crippen LogP contribution in [-0.4, -0.2) is 27.3 Å². The molecule has 2 heterocycles. The minimum Gasteiger partial charge on any atom is -0.278 e. The predicted molar refractivity (Wildman–Crippen MR) is 110 cm³/mol. The standard InChI is InChI=1S/C21H20N6O/c1-15(17-7-11-22-12-8-17)24-26-20-5-3-19(4-6-20)21(28)27-25-16(2)18-9-13-23-14-10-18/h3-14,26H,1-2H3,(H,27,28)/b24-15-,25-16-. The average Bonchev–Trinajstić information content (AvgIpc) is 2.77. The second-order valence-corrected chi connectivity index (χ2v) is 6.00. The van der Waals surface area contributed by atoms with E-state index >= 15 is 0 Å². The van der Waals surface area contributed by atoms with E-state index in [0.717, 1.165) is 22.5 Å². The Labute approximate surface area is 163 Å². The van der Waals surface area contributed by atoms with Gasteiger partial charge in [0.05, 0.1) is 17.1 Å². The number of nitrogens with one attached hydrogen (secondary N) is 2. The van der Waals surface area contributed by atoms with Crippen LogP contribution in [0.3, 0.4) is 0 Å². The number of carbonyl (C=O) groups is 1. The van der Waals surface area contributed by atoms with E-state index < -0.39 is 0 Å². The molecule has 0 atom stereocenters. The van der Waals surface area contributed by atoms with Crippen LogP contribution in [0.25, 0.3) is 0 Å². The van der Waals surface area contributed by atoms with Gasteiger partial charge < -0.3 is 0 Å². The Kier molecular flexibility index (Phi) is 6.20. The summed E-state index contributed by atoms with van der Waals surface area (Å²) in [5.74, 6) is -0.281. The van der Waals surface area contributed by atoms with Crippen LogP contribution < -0.4 is 10.9 Å². The lowest BCUT2D eigenvalue weighted by Crippen LogP contribution is -2.19. The van der Waals surface area contributed by atoms with Crippen molar-refractivity contribution in [2.75, 3.05) is 5.43 Å². The summed E-state index contributed by atoms with van der Waals surface area (Å²) in [6.45, 7) is 3.74. The molecule has 0 unspecified atom stereocenters. The number of nitrogens with zero attached hydrogens (tertiary/aromatic N) is 4. The number of carbonyl (C=O) groups excluding carboxylic acids is 1. The molecule has 7 nitrogen and oxygen atoms in total. The third kappa shape index (κ3) is 5.07. The molecule has 3 aromatic rings. The van der Waals surface area contributed by atoms with E-state index in [0.29, 0.717) is 11.3 Å². The highest BCUT2D eigenvalue weighted by Gasteiger charge is 2.05. The zero-order valence-electron chi connectivity index (χ0n) is 15.6. The van der Waals surface area contributed by atoms with Crippen molar-refractivity contribution < 1.29 is 4.79 Å². The zero-order valence-corrected chi connectivity index (χ0v) is 15.6. The molecule has 7 heteroatoms. The van der Waals surface area contributed by atoms with Crippen molar-refractivity contribution in [3.8, 4) is 0 Å². The fourth-order valence-electron chi connectivity index (χ4n) is 2.36. The van der Waals surface area contributed by atoms with Crippen molar-refractivity contribution in [1.29, 1.82) is 0 Å². The summed E-state index contributed by atoms with van der Waals surface area (Å²) in [4.78, 5) is 20.2. The molecule has 0 saturated heterocycles. The average molecular weight is 372 g/mol. The minimum atomic E-state index is -0.281. The molecule has 140 valence electrons. The fourth-order valence-corrected chi connectivity index (χ4v) is 2.36. The molecule has 28 heavy (non-hydrogen) atoms. The van der Waals surface area contributed by atoms with Crippen LogP contribution >= 0.6 is 0 Å². The maximum Gasteiger partial charge on any atom is 0.271 e. The summed E-state index contributed by atoms with van der Waals surface area (Å²) in [5, 5.41) is 8.48. The maximum absolute atomic E-state index is 12.3. The van der Waals surface area contributed by atoms with Gasteiger partial charge in [0.25, 0.3) is 5.91 Å². The lowest BCUT2D eigenvalue weighted by molar-refractivity contribution is 0.0955. The zero-order chi connectivity index (χ0) is 19.8. The monoisotopic (exact) mass is 372 g/mol. The van der Waals surface area contributed by atoms with Gasteiger partial charge in [-0.15, -0.1) is 0 Å². The van der Waals surface area contributed by atoms with Gasteiger partial charge >= 0.3 is 0 Å². The Morgan fingerprint density at radius 3 is 1.75 bits per heavy atom. The van der Waals surface area contributed by atoms with Gasteiger partial charge in [-0.3, -0.25) is 20.2 Å². The lowest BCUT2D eigenvalue weighted by atomic mass is 10.2. The van der Waals surface area contributed by atoms with Crippen molar-refractivity contribution in [3.05, 3.63) is 90.0 Å². The fraction of sp³-hybridized carbons (Fsp3) is 0.0952. The van der Waals surface area contributed by atoms with Gasteiger partial charge in [-0.25, -0.2) is 5.43 Å². The number of hydrazone groups is 2. The number of amides is 1. The molecule has 0 bridgehead atoms. The minimum absolute atomic E-state index is 0.281. The molecule has 0 fully saturated rings. The summed E-state index contributed by atoms with van der Waals surface area (Å²) in [6.07, 6.45) is 6.81. The first-order chi connectivity index (χ1) is 13.6. The number of benzene rings is 1. The first-order valence-corrected chi connectivity index (χ1v) is 8.69. The van der Waals surface area contributed by atoms with Crippen LogP contribution in [0.4, 0.5) is 5.69 Å². The third-order valence-corrected chi connectivity index (χ3v) is 4.02. The SMILES string of the molecule is C/C(=N/NC(=O)c1ccc(N/N=C(/C)c2ccncc2)cc1)c1ccncc1. The van der Waals surface area contributed by atoms with Crippen molar-refractivity contribution in [2.45, 2.75) is 13.8 Å². The molecule has 0 aliphatic carbocycles. The van der Waals surface area contributed by atoms with E-state index in [1.54, 1.807) is 49.1 Å². The second-order valence-electron chi connectivity index (χ2n) is 6.00. The van der Waals surface area contributed by atoms with Crippen LogP contribution in [-0.2, 0) is 0 Å². The molecule has 0 saturated carbocycles. The van der Waals surface area contributed by atoms with E-state index in [-0.39, 0.29) is 5.91 Å². The molecule has 2 N–H and O–H groups in total. The van der Waals surface area contributed by atoms with E-state index in [2.05, 4.69) is 31.0 Å². The van der Waals surface area contributed by atoms with E-state index in [4.69, 9.17) is 0 Å². The molecular weight excluding hydrogens is 352 g/mol. The predicted octanol–water partition coefficient (Wildman–Crippen LogP) is 3.47. The largest absolute Gasteiger partial charge is 0.278 e. The molecule has 0 aliphatic heterocycles. The quantitative estimate of drug-likeness (QED) is 0.512. The van der Waals surface area contributed by atoms with E-state index in [9.17, 15) is 4.79 Å². The van der Waals surface area contributed by atoms with Crippen LogP contribution in [0.2, 0.25) is 0 Å². The van der Waals surface area contributed by atoms with Crippen LogP contribution in [0.1, 0.15) is 35.3 Å². The Morgan fingerprint density at radius 2 is 1.21 bits per heavy atom. The first kappa shape index (κ1) is 18.9. The van der Waals surface area contributed by atoms with Crippen molar-refractivity contribution >= 4 is 23.0 Å². The second kappa shape index (κ2) is 9.18. The molecule has 0 spiro atoms. The van der Waals surface area contributed by atoms with E-state index in [1.807, 2.05) is 38.1 Å². The number of hydrogen-bond acceptors (Lipinski definition) is 6. The summed E-state index contributed by atoms with van der Waals surface area (Å²) in [6, 6.07) is 14.5. The van der Waals surface area contributed by atoms with Crippen LogP contribution in [0.5, 0.6) is 0 Å². The molecule has 1 aromatic carbocycles. The highest BCUT2D eigenvalue weighted by atomic mass is 16.2. The third-order valence-electron chi connectivity index (χ3n) is 4.02. The van der Waals surface area contributed by atoms with Crippen molar-refractivity contribution in [1.82, 2.24) is 15.4 Å². The molecule has 0 aliphatic rings. The van der Waals surface area contributed by atoms with Gasteiger partial charge in [0.1, 0.15) is 0 Å². The first-order valence-electron chi connectivity index (χ1n) is 8.69. The summed E-state index contributed by atoms with van der Waals surface area (Å²) in [5.41, 5.74) is 10.3. The Bertz CT molecular complexity index is 982. The molecule has 1 amide bonds. The van der Waals surface area contributed by atoms with Gasteiger partial charge in [0.15, 0.2) is 0 Å². The van der Waals surface area contributed by atoms with Gasteiger partial charge in [0, 0.05) is 41.5 Å². The summed E-state index contributed by atoms with van der Waals surface area (Å²) in [7, 11) is 0. The maximum atomic E-state index is 12.3. The van der Waals surface area contributed by atoms with Crippen molar-refractivity contribution in [2.24, 2.45) is 10.2 Å². The lowest BCUT2D eigenvalue weighted by Gasteiger charge is -2.05. The van der Waals surface area contributed by atoms with Crippen LogP contribution in [0, 0.1) is 0 Å². The van der Waals surface area contributed by atoms with Gasteiger partial charge in [-0.1, -0.05) is 0 Å². The molecule has 0 radical (unpaired) electrons. The molecule has 2 aromatic heterocycles. The van der Waals surface area contributed by atoms with Gasteiger partial charge in [0.2, 0.25) is 0 Å². The Hall–Kier alpha value is -3.87. The summed E-state index contributed by atoms with van der Waals surface area (Å²) < 4.78 is 0. The smallest absolute Gasteiger partial charge is 0.271 e. The van der Waals surface area contributed by atoms with E-state index in [1.165, 1.54) is 0 Å². The normalized spacial score (nSPS) is 11.8. The Morgan fingerprint density at radius 1 is 0.714 bits per heavy atom. The Balaban J connectivity index is 1.60. The topological polar surface area (TPSA) is 91.6 Å². The highest BCUT2D eigenvalue weighted by molar-refractivity contribution is 6.01. The number of aromatic nitrogens is 2. The number of pyridine rings is 2. The number of anilines is 1. The van der Waals surface area contributed by atoms with Crippen LogP contribution in [0.15, 0.2) is 83.5 Å². The number of rotatable bonds is 6.